The predicted octanol–water partition coefficient (Wildman–Crippen LogP) is 3.70. The predicted molar refractivity (Wildman–Crippen MR) is 119 cm³/mol. The van der Waals surface area contributed by atoms with Crippen molar-refractivity contribution in [3.8, 4) is 11.3 Å². The first-order valence-corrected chi connectivity index (χ1v) is 11.5. The zero-order valence-electron chi connectivity index (χ0n) is 17.3. The van der Waals surface area contributed by atoms with E-state index in [1.807, 2.05) is 4.72 Å². The number of fused-ring (bicyclic) bond motifs is 1. The Morgan fingerprint density at radius 3 is 2.64 bits per heavy atom. The summed E-state index contributed by atoms with van der Waals surface area (Å²) in [6.07, 6.45) is 4.81. The molecule has 3 N–H and O–H groups in total. The SMILES string of the molecule is CCCS(=O)(=O)Nc1ccc(F)c(C(=O)Nc2cnc3n[nH]c(-c4ccncc4)c3c2)c1F. The molecule has 9 nitrogen and oxygen atoms in total. The van der Waals surface area contributed by atoms with Gasteiger partial charge in [0.05, 0.1) is 29.0 Å². The highest BCUT2D eigenvalue weighted by molar-refractivity contribution is 7.92. The molecule has 4 rings (SSSR count). The number of aromatic nitrogens is 4. The number of rotatable bonds is 7. The average Bonchev–Trinajstić information content (AvgIpc) is 3.19. The highest BCUT2D eigenvalue weighted by Gasteiger charge is 2.23. The van der Waals surface area contributed by atoms with Gasteiger partial charge in [-0.1, -0.05) is 6.92 Å². The second-order valence-corrected chi connectivity index (χ2v) is 8.93. The molecule has 12 heteroatoms. The smallest absolute Gasteiger partial charge is 0.261 e. The topological polar surface area (TPSA) is 130 Å². The Morgan fingerprint density at radius 1 is 1.15 bits per heavy atom. The van der Waals surface area contributed by atoms with Gasteiger partial charge in [0.1, 0.15) is 11.4 Å². The third-order valence-corrected chi connectivity index (χ3v) is 6.17. The summed E-state index contributed by atoms with van der Waals surface area (Å²) >= 11 is 0. The van der Waals surface area contributed by atoms with Crippen LogP contribution in [-0.4, -0.2) is 40.2 Å². The van der Waals surface area contributed by atoms with E-state index in [9.17, 15) is 22.0 Å². The number of nitrogens with one attached hydrogen (secondary N) is 3. The Morgan fingerprint density at radius 2 is 1.91 bits per heavy atom. The van der Waals surface area contributed by atoms with Gasteiger partial charge in [-0.05, 0) is 36.8 Å². The number of halogens is 2. The number of carbonyl (C=O) groups excluding carboxylic acids is 1. The van der Waals surface area contributed by atoms with Gasteiger partial charge in [-0.3, -0.25) is 19.6 Å². The Bertz CT molecular complexity index is 1440. The van der Waals surface area contributed by atoms with Gasteiger partial charge in [-0.25, -0.2) is 22.2 Å². The number of benzene rings is 1. The first kappa shape index (κ1) is 22.3. The van der Waals surface area contributed by atoms with Gasteiger partial charge < -0.3 is 5.32 Å². The maximum Gasteiger partial charge on any atom is 0.261 e. The molecule has 0 unspecified atom stereocenters. The minimum atomic E-state index is -3.84. The van der Waals surface area contributed by atoms with Crippen molar-refractivity contribution in [2.75, 3.05) is 15.8 Å². The van der Waals surface area contributed by atoms with E-state index in [0.717, 1.165) is 17.7 Å². The van der Waals surface area contributed by atoms with E-state index in [0.29, 0.717) is 23.1 Å². The van der Waals surface area contributed by atoms with E-state index >= 15 is 0 Å². The first-order chi connectivity index (χ1) is 15.8. The third kappa shape index (κ3) is 4.65. The van der Waals surface area contributed by atoms with Gasteiger partial charge in [0.2, 0.25) is 10.0 Å². The average molecular weight is 472 g/mol. The number of H-pyrrole nitrogens is 1. The summed E-state index contributed by atoms with van der Waals surface area (Å²) in [4.78, 5) is 20.8. The van der Waals surface area contributed by atoms with Crippen LogP contribution in [0.15, 0.2) is 48.9 Å². The van der Waals surface area contributed by atoms with Crippen molar-refractivity contribution in [3.63, 3.8) is 0 Å². The lowest BCUT2D eigenvalue weighted by molar-refractivity contribution is 0.101. The van der Waals surface area contributed by atoms with Gasteiger partial charge >= 0.3 is 0 Å². The first-order valence-electron chi connectivity index (χ1n) is 9.83. The summed E-state index contributed by atoms with van der Waals surface area (Å²) in [7, 11) is -3.84. The number of nitrogens with zero attached hydrogens (tertiary/aromatic N) is 3. The molecule has 4 aromatic rings. The summed E-state index contributed by atoms with van der Waals surface area (Å²) in [5.74, 6) is -3.81. The second-order valence-electron chi connectivity index (χ2n) is 7.09. The summed E-state index contributed by atoms with van der Waals surface area (Å²) in [6, 6.07) is 6.82. The number of sulfonamides is 1. The molecule has 0 spiro atoms. The van der Waals surface area contributed by atoms with E-state index in [2.05, 4.69) is 25.5 Å². The molecule has 0 atom stereocenters. The fraction of sp³-hybridized carbons (Fsp3) is 0.143. The maximum atomic E-state index is 14.9. The van der Waals surface area contributed by atoms with Gasteiger partial charge in [0, 0.05) is 23.3 Å². The Kier molecular flexibility index (Phi) is 6.01. The van der Waals surface area contributed by atoms with E-state index in [1.54, 1.807) is 37.5 Å². The summed E-state index contributed by atoms with van der Waals surface area (Å²) < 4.78 is 55.2. The van der Waals surface area contributed by atoms with Gasteiger partial charge in [0.15, 0.2) is 11.5 Å². The number of pyridine rings is 2. The van der Waals surface area contributed by atoms with Crippen molar-refractivity contribution in [3.05, 3.63) is 66.1 Å². The van der Waals surface area contributed by atoms with Crippen LogP contribution in [0, 0.1) is 11.6 Å². The molecule has 0 aliphatic carbocycles. The molecule has 0 saturated carbocycles. The second kappa shape index (κ2) is 8.90. The lowest BCUT2D eigenvalue weighted by Crippen LogP contribution is -2.20. The van der Waals surface area contributed by atoms with Crippen molar-refractivity contribution in [2.24, 2.45) is 0 Å². The highest BCUT2D eigenvalue weighted by Crippen LogP contribution is 2.28. The quantitative estimate of drug-likeness (QED) is 0.376. The Balaban J connectivity index is 1.65. The highest BCUT2D eigenvalue weighted by atomic mass is 32.2. The molecular weight excluding hydrogens is 454 g/mol. The lowest BCUT2D eigenvalue weighted by atomic mass is 10.1. The zero-order chi connectivity index (χ0) is 23.6. The van der Waals surface area contributed by atoms with Crippen LogP contribution in [0.2, 0.25) is 0 Å². The van der Waals surface area contributed by atoms with E-state index in [-0.39, 0.29) is 11.4 Å². The largest absolute Gasteiger partial charge is 0.320 e. The van der Waals surface area contributed by atoms with Gasteiger partial charge in [-0.2, -0.15) is 5.10 Å². The number of hydrogen-bond donors (Lipinski definition) is 3. The van der Waals surface area contributed by atoms with Crippen molar-refractivity contribution in [2.45, 2.75) is 13.3 Å². The van der Waals surface area contributed by atoms with Crippen LogP contribution in [0.5, 0.6) is 0 Å². The maximum absolute atomic E-state index is 14.9. The minimum Gasteiger partial charge on any atom is -0.320 e. The van der Waals surface area contributed by atoms with Gasteiger partial charge in [0.25, 0.3) is 5.91 Å². The van der Waals surface area contributed by atoms with Crippen LogP contribution in [0.1, 0.15) is 23.7 Å². The fourth-order valence-corrected chi connectivity index (χ4v) is 4.36. The normalized spacial score (nSPS) is 11.5. The lowest BCUT2D eigenvalue weighted by Gasteiger charge is -2.12. The molecule has 0 radical (unpaired) electrons. The molecule has 3 aromatic heterocycles. The molecule has 1 amide bonds. The molecule has 0 aliphatic heterocycles. The summed E-state index contributed by atoms with van der Waals surface area (Å²) in [5.41, 5.74) is 0.513. The van der Waals surface area contributed by atoms with E-state index < -0.39 is 38.8 Å². The number of amides is 1. The minimum absolute atomic E-state index is 0.167. The van der Waals surface area contributed by atoms with Crippen molar-refractivity contribution >= 4 is 38.3 Å². The number of hydrogen-bond acceptors (Lipinski definition) is 6. The van der Waals surface area contributed by atoms with Crippen molar-refractivity contribution in [1.82, 2.24) is 20.2 Å². The molecule has 170 valence electrons. The molecule has 0 aliphatic rings. The summed E-state index contributed by atoms with van der Waals surface area (Å²) in [6.45, 7) is 1.64. The van der Waals surface area contributed by atoms with Crippen molar-refractivity contribution < 1.29 is 22.0 Å². The fourth-order valence-electron chi connectivity index (χ4n) is 3.23. The Hall–Kier alpha value is -3.93. The van der Waals surface area contributed by atoms with Crippen LogP contribution >= 0.6 is 0 Å². The van der Waals surface area contributed by atoms with Gasteiger partial charge in [-0.15, -0.1) is 0 Å². The van der Waals surface area contributed by atoms with Crippen LogP contribution in [0.25, 0.3) is 22.3 Å². The summed E-state index contributed by atoms with van der Waals surface area (Å²) in [5, 5.41) is 9.94. The van der Waals surface area contributed by atoms with E-state index in [4.69, 9.17) is 0 Å². The van der Waals surface area contributed by atoms with Crippen LogP contribution < -0.4 is 10.0 Å². The third-order valence-electron chi connectivity index (χ3n) is 4.69. The van der Waals surface area contributed by atoms with E-state index in [1.165, 1.54) is 6.20 Å². The molecule has 0 fully saturated rings. The number of carbonyl (C=O) groups is 1. The zero-order valence-corrected chi connectivity index (χ0v) is 18.1. The molecule has 33 heavy (non-hydrogen) atoms. The molecule has 1 aromatic carbocycles. The van der Waals surface area contributed by atoms with Crippen molar-refractivity contribution in [1.29, 1.82) is 0 Å². The number of anilines is 2. The van der Waals surface area contributed by atoms with Crippen LogP contribution in [0.4, 0.5) is 20.2 Å². The monoisotopic (exact) mass is 472 g/mol. The molecule has 3 heterocycles. The van der Waals surface area contributed by atoms with Crippen LogP contribution in [-0.2, 0) is 10.0 Å². The number of aromatic amines is 1. The van der Waals surface area contributed by atoms with Crippen LogP contribution in [0.3, 0.4) is 0 Å². The molecule has 0 saturated heterocycles. The molecular formula is C21H18F2N6O3S. The molecule has 0 bridgehead atoms. The Labute approximate surface area is 187 Å². The standard InChI is InChI=1S/C21H18F2N6O3S/c1-2-9-33(31,32)29-16-4-3-15(22)17(18(16)23)21(30)26-13-10-14-19(12-5-7-24-8-6-12)27-28-20(14)25-11-13/h3-8,10-11,29H,2,9H2,1H3,(H,26,30)(H,25,27,28).